The molecule has 1 aromatic heterocycles. The van der Waals surface area contributed by atoms with Gasteiger partial charge in [0.25, 0.3) is 0 Å². The molecule has 0 radical (unpaired) electrons. The van der Waals surface area contributed by atoms with Gasteiger partial charge in [-0.05, 0) is 11.6 Å². The van der Waals surface area contributed by atoms with Gasteiger partial charge in [0.05, 0.1) is 12.1 Å². The number of aromatic nitrogens is 1. The third-order valence-corrected chi connectivity index (χ3v) is 4.39. The van der Waals surface area contributed by atoms with Gasteiger partial charge in [-0.2, -0.15) is 0 Å². The number of amides is 2. The van der Waals surface area contributed by atoms with Gasteiger partial charge in [0.1, 0.15) is 13.2 Å². The van der Waals surface area contributed by atoms with E-state index >= 15 is 0 Å². The molecule has 3 heterocycles. The number of ether oxygens (including phenoxy) is 1. The fourth-order valence-electron chi connectivity index (χ4n) is 3.11. The number of nitrogens with zero attached hydrogens (tertiary/aromatic N) is 4. The van der Waals surface area contributed by atoms with E-state index in [0.717, 1.165) is 18.7 Å². The Bertz CT molecular complexity index is 578. The molecule has 0 spiro atoms. The second-order valence-electron chi connectivity index (χ2n) is 6.28. The van der Waals surface area contributed by atoms with E-state index in [1.54, 1.807) is 25.2 Å². The lowest BCUT2D eigenvalue weighted by Crippen LogP contribution is -2.56. The SMILES string of the molecule is CN(C)C(=O)CN1C(=O)CO[C@H]2CN(Cc3cccnc3)C[C@H]21. The van der Waals surface area contributed by atoms with Gasteiger partial charge >= 0.3 is 0 Å². The van der Waals surface area contributed by atoms with Crippen molar-refractivity contribution in [2.45, 2.75) is 18.7 Å². The van der Waals surface area contributed by atoms with Crippen molar-refractivity contribution in [1.82, 2.24) is 19.7 Å². The first-order chi connectivity index (χ1) is 11.0. The third-order valence-electron chi connectivity index (χ3n) is 4.39. The van der Waals surface area contributed by atoms with E-state index < -0.39 is 0 Å². The van der Waals surface area contributed by atoms with Gasteiger partial charge in [-0.3, -0.25) is 19.5 Å². The van der Waals surface area contributed by atoms with Gasteiger partial charge in [-0.15, -0.1) is 0 Å². The lowest BCUT2D eigenvalue weighted by molar-refractivity contribution is -0.156. The quantitative estimate of drug-likeness (QED) is 0.754. The molecule has 0 aromatic carbocycles. The highest BCUT2D eigenvalue weighted by molar-refractivity contribution is 5.86. The maximum absolute atomic E-state index is 12.2. The topological polar surface area (TPSA) is 66.0 Å². The van der Waals surface area contributed by atoms with Crippen molar-refractivity contribution in [2.24, 2.45) is 0 Å². The van der Waals surface area contributed by atoms with Gasteiger partial charge in [0, 0.05) is 46.1 Å². The lowest BCUT2D eigenvalue weighted by atomic mass is 10.1. The summed E-state index contributed by atoms with van der Waals surface area (Å²) in [5.74, 6) is -0.172. The molecule has 124 valence electrons. The summed E-state index contributed by atoms with van der Waals surface area (Å²) in [6.45, 7) is 2.43. The normalized spacial score (nSPS) is 24.6. The van der Waals surface area contributed by atoms with Crippen molar-refractivity contribution in [1.29, 1.82) is 0 Å². The maximum Gasteiger partial charge on any atom is 0.249 e. The molecule has 2 saturated heterocycles. The molecule has 0 saturated carbocycles. The van der Waals surface area contributed by atoms with Gasteiger partial charge in [-0.1, -0.05) is 6.07 Å². The Labute approximate surface area is 135 Å². The maximum atomic E-state index is 12.2. The molecule has 7 nitrogen and oxygen atoms in total. The molecule has 23 heavy (non-hydrogen) atoms. The molecule has 0 bridgehead atoms. The monoisotopic (exact) mass is 318 g/mol. The molecule has 7 heteroatoms. The summed E-state index contributed by atoms with van der Waals surface area (Å²) in [5.41, 5.74) is 1.13. The molecule has 3 rings (SSSR count). The van der Waals surface area contributed by atoms with Gasteiger partial charge in [0.15, 0.2) is 0 Å². The van der Waals surface area contributed by atoms with E-state index in [1.165, 1.54) is 4.90 Å². The van der Waals surface area contributed by atoms with E-state index in [9.17, 15) is 9.59 Å². The summed E-state index contributed by atoms with van der Waals surface area (Å²) in [6.07, 6.45) is 3.57. The Morgan fingerprint density at radius 2 is 2.26 bits per heavy atom. The van der Waals surface area contributed by atoms with Crippen LogP contribution in [-0.2, 0) is 20.9 Å². The first kappa shape index (κ1) is 15.9. The minimum atomic E-state index is -0.107. The van der Waals surface area contributed by atoms with E-state index in [0.29, 0.717) is 6.54 Å². The Morgan fingerprint density at radius 3 is 2.96 bits per heavy atom. The number of pyridine rings is 1. The number of likely N-dealkylation sites (N-methyl/N-ethyl adjacent to an activating group) is 1. The van der Waals surface area contributed by atoms with E-state index in [-0.39, 0.29) is 37.1 Å². The predicted octanol–water partition coefficient (Wildman–Crippen LogP) is -0.419. The molecule has 2 amide bonds. The van der Waals surface area contributed by atoms with Crippen LogP contribution in [-0.4, -0.2) is 84.0 Å². The number of fused-ring (bicyclic) bond motifs is 1. The molecular formula is C16H22N4O3. The number of carbonyl (C=O) groups excluding carboxylic acids is 2. The Morgan fingerprint density at radius 1 is 1.43 bits per heavy atom. The summed E-state index contributed by atoms with van der Waals surface area (Å²) in [5, 5.41) is 0. The summed E-state index contributed by atoms with van der Waals surface area (Å²) < 4.78 is 5.68. The van der Waals surface area contributed by atoms with Crippen molar-refractivity contribution in [3.63, 3.8) is 0 Å². The second-order valence-corrected chi connectivity index (χ2v) is 6.28. The third kappa shape index (κ3) is 3.51. The largest absolute Gasteiger partial charge is 0.365 e. The molecule has 1 aromatic rings. The molecule has 2 fully saturated rings. The first-order valence-corrected chi connectivity index (χ1v) is 7.77. The van der Waals surface area contributed by atoms with Crippen LogP contribution >= 0.6 is 0 Å². The van der Waals surface area contributed by atoms with E-state index in [4.69, 9.17) is 4.74 Å². The molecule has 0 N–H and O–H groups in total. The zero-order valence-electron chi connectivity index (χ0n) is 13.5. The highest BCUT2D eigenvalue weighted by Crippen LogP contribution is 2.24. The van der Waals surface area contributed by atoms with Gasteiger partial charge in [0.2, 0.25) is 11.8 Å². The number of rotatable bonds is 4. The zero-order valence-corrected chi connectivity index (χ0v) is 13.5. The molecule has 2 aliphatic rings. The van der Waals surface area contributed by atoms with E-state index in [2.05, 4.69) is 9.88 Å². The smallest absolute Gasteiger partial charge is 0.249 e. The molecule has 2 atom stereocenters. The van der Waals surface area contributed by atoms with Crippen LogP contribution < -0.4 is 0 Å². The van der Waals surface area contributed by atoms with Gasteiger partial charge in [-0.25, -0.2) is 0 Å². The average Bonchev–Trinajstić information content (AvgIpc) is 2.93. The summed E-state index contributed by atoms with van der Waals surface area (Å²) in [6, 6.07) is 3.89. The summed E-state index contributed by atoms with van der Waals surface area (Å²) in [7, 11) is 3.40. The summed E-state index contributed by atoms with van der Waals surface area (Å²) >= 11 is 0. The molecule has 2 aliphatic heterocycles. The highest BCUT2D eigenvalue weighted by Gasteiger charge is 2.43. The second kappa shape index (κ2) is 6.64. The Kier molecular flexibility index (Phi) is 4.58. The van der Waals surface area contributed by atoms with Crippen LogP contribution in [0.1, 0.15) is 5.56 Å². The number of morpholine rings is 1. The van der Waals surface area contributed by atoms with Crippen LogP contribution in [0.15, 0.2) is 24.5 Å². The van der Waals surface area contributed by atoms with Crippen molar-refractivity contribution < 1.29 is 14.3 Å². The predicted molar refractivity (Wildman–Crippen MR) is 83.4 cm³/mol. The Balaban J connectivity index is 1.67. The lowest BCUT2D eigenvalue weighted by Gasteiger charge is -2.36. The first-order valence-electron chi connectivity index (χ1n) is 7.77. The average molecular weight is 318 g/mol. The molecule has 0 unspecified atom stereocenters. The molecule has 0 aliphatic carbocycles. The minimum Gasteiger partial charge on any atom is -0.365 e. The van der Waals surface area contributed by atoms with Crippen molar-refractivity contribution >= 4 is 11.8 Å². The van der Waals surface area contributed by atoms with Crippen LogP contribution in [0.4, 0.5) is 0 Å². The van der Waals surface area contributed by atoms with E-state index in [1.807, 2.05) is 18.3 Å². The van der Waals surface area contributed by atoms with Crippen LogP contribution in [0, 0.1) is 0 Å². The Hall–Kier alpha value is -1.99. The van der Waals surface area contributed by atoms with Crippen LogP contribution in [0.5, 0.6) is 0 Å². The van der Waals surface area contributed by atoms with Crippen LogP contribution in [0.2, 0.25) is 0 Å². The fourth-order valence-corrected chi connectivity index (χ4v) is 3.11. The standard InChI is InChI=1S/C16H22N4O3/c1-18(2)15(21)10-20-13-8-19(7-12-4-3-5-17-6-12)9-14(13)23-11-16(20)22/h3-6,13-14H,7-11H2,1-2H3/t13-,14+/m1/s1. The highest BCUT2D eigenvalue weighted by atomic mass is 16.5. The minimum absolute atomic E-state index is 0.0284. The number of carbonyl (C=O) groups is 2. The van der Waals surface area contributed by atoms with Gasteiger partial charge < -0.3 is 14.5 Å². The zero-order chi connectivity index (χ0) is 16.4. The van der Waals surface area contributed by atoms with Crippen LogP contribution in [0.25, 0.3) is 0 Å². The summed E-state index contributed by atoms with van der Waals surface area (Å²) in [4.78, 5) is 33.7. The fraction of sp³-hybridized carbons (Fsp3) is 0.562. The molecular weight excluding hydrogens is 296 g/mol. The van der Waals surface area contributed by atoms with Crippen molar-refractivity contribution in [3.8, 4) is 0 Å². The van der Waals surface area contributed by atoms with Crippen molar-refractivity contribution in [3.05, 3.63) is 30.1 Å². The van der Waals surface area contributed by atoms with Crippen molar-refractivity contribution in [2.75, 3.05) is 40.3 Å². The number of hydrogen-bond acceptors (Lipinski definition) is 5. The van der Waals surface area contributed by atoms with Crippen LogP contribution in [0.3, 0.4) is 0 Å². The number of hydrogen-bond donors (Lipinski definition) is 0. The number of likely N-dealkylation sites (tertiary alicyclic amines) is 1.